The minimum Gasteiger partial charge on any atom is -0.421 e. The quantitative estimate of drug-likeness (QED) is 0.481. The zero-order valence-corrected chi connectivity index (χ0v) is 8.56. The maximum atomic E-state index is 11.3. The maximum Gasteiger partial charge on any atom is 0.320 e. The largest absolute Gasteiger partial charge is 0.421 e. The number of ether oxygens (including phenoxy) is 2. The highest BCUT2D eigenvalue weighted by atomic mass is 16.7. The lowest BCUT2D eigenvalue weighted by molar-refractivity contribution is -0.240. The summed E-state index contributed by atoms with van der Waals surface area (Å²) in [7, 11) is 0. The lowest BCUT2D eigenvalue weighted by Crippen LogP contribution is -2.45. The molecule has 82 valence electrons. The number of hydrogen-bond donors (Lipinski definition) is 0. The van der Waals surface area contributed by atoms with Gasteiger partial charge in [0, 0.05) is 0 Å². The summed E-state index contributed by atoms with van der Waals surface area (Å²) in [5.41, 5.74) is 2.15. The molecule has 1 saturated heterocycles. The maximum absolute atomic E-state index is 11.3. The first-order valence-electron chi connectivity index (χ1n) is 5.17. The molecule has 1 fully saturated rings. The molecule has 0 aromatic heterocycles. The summed E-state index contributed by atoms with van der Waals surface area (Å²) in [6.45, 7) is 0. The summed E-state index contributed by atoms with van der Waals surface area (Å²) in [4.78, 5) is 22.5. The molecule has 1 aliphatic heterocycles. The number of carbonyl (C=O) groups is 2. The summed E-state index contributed by atoms with van der Waals surface area (Å²) in [6.07, 6.45) is 0.638. The predicted octanol–water partition coefficient (Wildman–Crippen LogP) is 0.972. The van der Waals surface area contributed by atoms with Crippen LogP contribution in [0.15, 0.2) is 24.3 Å². The highest BCUT2D eigenvalue weighted by Gasteiger charge is 2.47. The van der Waals surface area contributed by atoms with E-state index in [9.17, 15) is 9.59 Å². The second-order valence-corrected chi connectivity index (χ2v) is 4.16. The molecule has 2 aliphatic rings. The van der Waals surface area contributed by atoms with Gasteiger partial charge in [0.05, 0.1) is 12.8 Å². The second-order valence-electron chi connectivity index (χ2n) is 4.16. The molecule has 3 rings (SSSR count). The molecule has 1 spiro atoms. The first kappa shape index (κ1) is 9.39. The van der Waals surface area contributed by atoms with Gasteiger partial charge in [-0.05, 0) is 11.1 Å². The van der Waals surface area contributed by atoms with Crippen molar-refractivity contribution < 1.29 is 19.1 Å². The summed E-state index contributed by atoms with van der Waals surface area (Å²) in [5.74, 6) is -2.07. The van der Waals surface area contributed by atoms with Crippen LogP contribution in [-0.2, 0) is 31.9 Å². The van der Waals surface area contributed by atoms with E-state index in [1.165, 1.54) is 0 Å². The summed E-state index contributed by atoms with van der Waals surface area (Å²) in [6, 6.07) is 7.76. The first-order chi connectivity index (χ1) is 7.67. The Morgan fingerprint density at radius 1 is 0.938 bits per heavy atom. The van der Waals surface area contributed by atoms with Crippen LogP contribution in [0.5, 0.6) is 0 Å². The van der Waals surface area contributed by atoms with Crippen LogP contribution >= 0.6 is 0 Å². The Morgan fingerprint density at radius 3 is 1.94 bits per heavy atom. The van der Waals surface area contributed by atoms with Crippen molar-refractivity contribution in [1.29, 1.82) is 0 Å². The van der Waals surface area contributed by atoms with E-state index in [4.69, 9.17) is 9.47 Å². The average molecular weight is 218 g/mol. The van der Waals surface area contributed by atoms with Gasteiger partial charge in [0.25, 0.3) is 5.79 Å². The van der Waals surface area contributed by atoms with Gasteiger partial charge < -0.3 is 9.47 Å². The van der Waals surface area contributed by atoms with E-state index in [0.29, 0.717) is 12.8 Å². The number of fused-ring (bicyclic) bond motifs is 1. The van der Waals surface area contributed by atoms with Gasteiger partial charge >= 0.3 is 11.9 Å². The number of rotatable bonds is 0. The SMILES string of the molecule is O=C1CC(=O)OC2(Cc3ccccc3C2)O1. The Hall–Kier alpha value is -1.84. The molecular weight excluding hydrogens is 208 g/mol. The van der Waals surface area contributed by atoms with Crippen molar-refractivity contribution in [3.63, 3.8) is 0 Å². The standard InChI is InChI=1S/C12H10O4/c13-10-5-11(14)16-12(15-10)6-8-3-1-2-4-9(8)7-12/h1-4H,5-7H2. The molecule has 0 atom stereocenters. The molecule has 1 aromatic rings. The van der Waals surface area contributed by atoms with Crippen LogP contribution in [0.3, 0.4) is 0 Å². The van der Waals surface area contributed by atoms with Crippen LogP contribution in [-0.4, -0.2) is 17.7 Å². The molecule has 16 heavy (non-hydrogen) atoms. The molecule has 0 unspecified atom stereocenters. The Bertz CT molecular complexity index is 435. The minimum atomic E-state index is -1.07. The van der Waals surface area contributed by atoms with Gasteiger partial charge in [0.1, 0.15) is 6.42 Å². The Labute approximate surface area is 92.2 Å². The molecule has 4 heteroatoms. The van der Waals surface area contributed by atoms with Crippen molar-refractivity contribution in [2.45, 2.75) is 25.0 Å². The van der Waals surface area contributed by atoms with Gasteiger partial charge in [0.2, 0.25) is 0 Å². The number of carbonyl (C=O) groups excluding carboxylic acids is 2. The van der Waals surface area contributed by atoms with Crippen molar-refractivity contribution >= 4 is 11.9 Å². The molecule has 0 amide bonds. The van der Waals surface area contributed by atoms with Crippen molar-refractivity contribution in [2.75, 3.05) is 0 Å². The fraction of sp³-hybridized carbons (Fsp3) is 0.333. The van der Waals surface area contributed by atoms with Gasteiger partial charge in [-0.2, -0.15) is 0 Å². The number of esters is 2. The Kier molecular flexibility index (Phi) is 1.80. The second kappa shape index (κ2) is 3.07. The topological polar surface area (TPSA) is 52.6 Å². The van der Waals surface area contributed by atoms with Crippen LogP contribution in [0.25, 0.3) is 0 Å². The fourth-order valence-corrected chi connectivity index (χ4v) is 2.32. The van der Waals surface area contributed by atoms with E-state index in [0.717, 1.165) is 11.1 Å². The van der Waals surface area contributed by atoms with Crippen molar-refractivity contribution in [3.05, 3.63) is 35.4 Å². The molecule has 0 radical (unpaired) electrons. The monoisotopic (exact) mass is 218 g/mol. The lowest BCUT2D eigenvalue weighted by atomic mass is 10.1. The van der Waals surface area contributed by atoms with Gasteiger partial charge in [-0.1, -0.05) is 24.3 Å². The van der Waals surface area contributed by atoms with Crippen LogP contribution in [0.4, 0.5) is 0 Å². The highest BCUT2D eigenvalue weighted by molar-refractivity contribution is 5.93. The van der Waals surface area contributed by atoms with Crippen LogP contribution < -0.4 is 0 Å². The smallest absolute Gasteiger partial charge is 0.320 e. The minimum absolute atomic E-state index is 0.280. The normalized spacial score (nSPS) is 21.5. The molecule has 0 saturated carbocycles. The van der Waals surface area contributed by atoms with E-state index >= 15 is 0 Å². The molecular formula is C12H10O4. The van der Waals surface area contributed by atoms with E-state index in [-0.39, 0.29) is 6.42 Å². The van der Waals surface area contributed by atoms with Crippen LogP contribution in [0, 0.1) is 0 Å². The number of benzene rings is 1. The third-order valence-electron chi connectivity index (χ3n) is 2.93. The number of hydrogen-bond acceptors (Lipinski definition) is 4. The van der Waals surface area contributed by atoms with E-state index in [2.05, 4.69) is 0 Å². The van der Waals surface area contributed by atoms with Crippen LogP contribution in [0.2, 0.25) is 0 Å². The van der Waals surface area contributed by atoms with Crippen LogP contribution in [0.1, 0.15) is 17.5 Å². The lowest BCUT2D eigenvalue weighted by Gasteiger charge is -2.31. The first-order valence-corrected chi connectivity index (χ1v) is 5.17. The van der Waals surface area contributed by atoms with E-state index in [1.807, 2.05) is 24.3 Å². The summed E-state index contributed by atoms with van der Waals surface area (Å²) < 4.78 is 10.4. The molecule has 4 nitrogen and oxygen atoms in total. The third kappa shape index (κ3) is 1.38. The molecule has 1 aliphatic carbocycles. The van der Waals surface area contributed by atoms with E-state index in [1.54, 1.807) is 0 Å². The Balaban J connectivity index is 1.93. The highest BCUT2D eigenvalue weighted by Crippen LogP contribution is 2.36. The molecule has 1 aromatic carbocycles. The fourth-order valence-electron chi connectivity index (χ4n) is 2.32. The summed E-state index contributed by atoms with van der Waals surface area (Å²) >= 11 is 0. The van der Waals surface area contributed by atoms with E-state index < -0.39 is 17.7 Å². The predicted molar refractivity (Wildman–Crippen MR) is 53.4 cm³/mol. The molecule has 1 heterocycles. The third-order valence-corrected chi connectivity index (χ3v) is 2.93. The van der Waals surface area contributed by atoms with Gasteiger partial charge in [-0.25, -0.2) is 0 Å². The molecule has 0 bridgehead atoms. The van der Waals surface area contributed by atoms with Gasteiger partial charge in [0.15, 0.2) is 0 Å². The van der Waals surface area contributed by atoms with Crippen molar-refractivity contribution in [1.82, 2.24) is 0 Å². The van der Waals surface area contributed by atoms with Gasteiger partial charge in [-0.15, -0.1) is 0 Å². The van der Waals surface area contributed by atoms with Gasteiger partial charge in [-0.3, -0.25) is 9.59 Å². The average Bonchev–Trinajstić information content (AvgIpc) is 2.52. The molecule has 0 N–H and O–H groups in total. The van der Waals surface area contributed by atoms with Crippen molar-refractivity contribution in [3.8, 4) is 0 Å². The zero-order chi connectivity index (χ0) is 11.2. The van der Waals surface area contributed by atoms with Crippen molar-refractivity contribution in [2.24, 2.45) is 0 Å². The zero-order valence-electron chi connectivity index (χ0n) is 8.56. The Morgan fingerprint density at radius 2 is 1.44 bits per heavy atom. The summed E-state index contributed by atoms with van der Waals surface area (Å²) in [5, 5.41) is 0.